The normalized spacial score (nSPS) is 12.1. The van der Waals surface area contributed by atoms with E-state index in [9.17, 15) is 9.59 Å². The minimum Gasteiger partial charge on any atom is -0.322 e. The Kier molecular flexibility index (Phi) is 13.7. The molecule has 0 spiro atoms. The summed E-state index contributed by atoms with van der Waals surface area (Å²) in [4.78, 5) is 24.7. The van der Waals surface area contributed by atoms with Crippen molar-refractivity contribution < 1.29 is 11.0 Å². The second-order valence-electron chi connectivity index (χ2n) is 10.9. The van der Waals surface area contributed by atoms with Gasteiger partial charge in [0.2, 0.25) is 0 Å². The first kappa shape index (κ1) is 34.5. The summed E-state index contributed by atoms with van der Waals surface area (Å²) in [6.45, 7) is 13.1. The lowest BCUT2D eigenvalue weighted by Gasteiger charge is -2.18. The van der Waals surface area contributed by atoms with E-state index >= 15 is 0 Å². The predicted molar refractivity (Wildman–Crippen MR) is 200 cm³/mol. The third-order valence-electron chi connectivity index (χ3n) is 6.47. The summed E-state index contributed by atoms with van der Waals surface area (Å²) in [7, 11) is 0. The molecule has 0 radical (unpaired) electrons. The van der Waals surface area contributed by atoms with Gasteiger partial charge in [0.05, 0.1) is 16.9 Å². The molecule has 0 aliphatic rings. The van der Waals surface area contributed by atoms with Gasteiger partial charge in [-0.2, -0.15) is 0 Å². The molecule has 0 saturated heterocycles. The Labute approximate surface area is 287 Å². The quantitative estimate of drug-likeness (QED) is 0.165. The number of thiophene rings is 2. The highest BCUT2D eigenvalue weighted by atomic mass is 127. The molecule has 2 amide bonds. The molecule has 0 aliphatic heterocycles. The second kappa shape index (κ2) is 16.7. The third kappa shape index (κ3) is 10.0. The molecule has 2 N–H and O–H groups in total. The first-order valence-electron chi connectivity index (χ1n) is 13.9. The number of benzene rings is 2. The average Bonchev–Trinajstić information content (AvgIpc) is 3.56. The zero-order valence-corrected chi connectivity index (χ0v) is 30.8. The van der Waals surface area contributed by atoms with Crippen LogP contribution in [0.3, 0.4) is 0 Å². The van der Waals surface area contributed by atoms with E-state index in [0.29, 0.717) is 17.8 Å². The number of rotatable bonds is 9. The van der Waals surface area contributed by atoms with Crippen molar-refractivity contribution in [2.75, 3.05) is 10.6 Å². The van der Waals surface area contributed by atoms with Crippen molar-refractivity contribution in [3.8, 4) is 0 Å². The zero-order valence-electron chi connectivity index (χ0n) is 25.8. The van der Waals surface area contributed by atoms with E-state index < -0.39 is 0 Å². The molecule has 0 fully saturated rings. The minimum absolute atomic E-state index is 0. The Bertz CT molecular complexity index is 1530. The molecule has 2 aromatic heterocycles. The Morgan fingerprint density at radius 3 is 1.76 bits per heavy atom. The van der Waals surface area contributed by atoms with Gasteiger partial charge in [0, 0.05) is 16.9 Å². The third-order valence-corrected chi connectivity index (χ3v) is 10.6. The van der Waals surface area contributed by atoms with Crippen LogP contribution in [0.25, 0.3) is 5.57 Å². The molecule has 8 heteroatoms. The average molecular weight is 826 g/mol. The standard InChI is InChI=1S/C17H20INOS.C17H18INOS/c2*1-11(2)10-12(3)13-6-4-5-7-15(13)19-17(20)14-8-9-21-16(14)18/h4-9,11-12H,10H2,1-3H3,(H,19,20);4-11H,1-3H3,(H,19,20)/p+1. The number of hydrogen-bond acceptors (Lipinski definition) is 4. The number of hydrogen-bond donors (Lipinski definition) is 2. The number of amides is 2. The smallest absolute Gasteiger partial charge is 0.322 e. The van der Waals surface area contributed by atoms with E-state index in [1.807, 2.05) is 65.4 Å². The van der Waals surface area contributed by atoms with Crippen LogP contribution in [0.5, 0.6) is 0 Å². The molecular formula is C34H39I2N2O2S2+. The summed E-state index contributed by atoms with van der Waals surface area (Å²) in [6, 6.07) is 19.8. The van der Waals surface area contributed by atoms with Crippen LogP contribution in [0.2, 0.25) is 0 Å². The number of carbonyl (C=O) groups excluding carboxylic acids is 2. The van der Waals surface area contributed by atoms with Gasteiger partial charge in [-0.3, -0.25) is 9.59 Å². The van der Waals surface area contributed by atoms with Gasteiger partial charge in [0.15, 0.2) is 0 Å². The van der Waals surface area contributed by atoms with Crippen molar-refractivity contribution in [3.63, 3.8) is 0 Å². The molecule has 42 heavy (non-hydrogen) atoms. The first-order valence-corrected chi connectivity index (χ1v) is 17.8. The SMILES string of the molecule is CC(=CC(C)C)c1ccccc1NC(=O)c1ccsc1I.CC(C)CC(C)c1ccccc1NC(=O)c1ccsc1I.[H+]. The van der Waals surface area contributed by atoms with Crippen LogP contribution in [-0.4, -0.2) is 11.8 Å². The summed E-state index contributed by atoms with van der Waals surface area (Å²) in [5, 5.41) is 9.99. The van der Waals surface area contributed by atoms with E-state index in [0.717, 1.165) is 40.3 Å². The lowest BCUT2D eigenvalue weighted by Crippen LogP contribution is -2.14. The molecule has 2 heterocycles. The molecule has 222 valence electrons. The van der Waals surface area contributed by atoms with E-state index in [-0.39, 0.29) is 13.2 Å². The number of para-hydroxylation sites is 2. The summed E-state index contributed by atoms with van der Waals surface area (Å²) in [5.41, 5.74) is 6.75. The van der Waals surface area contributed by atoms with Crippen LogP contribution in [0.15, 0.2) is 77.5 Å². The van der Waals surface area contributed by atoms with Crippen LogP contribution in [0.1, 0.15) is 87.2 Å². The highest BCUT2D eigenvalue weighted by Gasteiger charge is 2.17. The minimum atomic E-state index is -0.0505. The Hall–Kier alpha value is -2.02. The van der Waals surface area contributed by atoms with Gasteiger partial charge in [-0.25, -0.2) is 0 Å². The van der Waals surface area contributed by atoms with Crippen molar-refractivity contribution in [2.24, 2.45) is 11.8 Å². The van der Waals surface area contributed by atoms with E-state index in [2.05, 4.69) is 110 Å². The predicted octanol–water partition coefficient (Wildman–Crippen LogP) is 11.5. The first-order chi connectivity index (χ1) is 20.0. The lowest BCUT2D eigenvalue weighted by atomic mass is 9.91. The van der Waals surface area contributed by atoms with Crippen LogP contribution >= 0.6 is 67.9 Å². The number of anilines is 2. The van der Waals surface area contributed by atoms with Crippen LogP contribution in [-0.2, 0) is 0 Å². The van der Waals surface area contributed by atoms with Gasteiger partial charge in [0.25, 0.3) is 11.8 Å². The molecule has 2 aromatic carbocycles. The Morgan fingerprint density at radius 2 is 1.26 bits per heavy atom. The van der Waals surface area contributed by atoms with Gasteiger partial charge in [-0.15, -0.1) is 22.7 Å². The highest BCUT2D eigenvalue weighted by molar-refractivity contribution is 14.1. The van der Waals surface area contributed by atoms with E-state index in [1.165, 1.54) is 11.1 Å². The lowest BCUT2D eigenvalue weighted by molar-refractivity contribution is 0.101. The Morgan fingerprint density at radius 1 is 0.762 bits per heavy atom. The van der Waals surface area contributed by atoms with Crippen molar-refractivity contribution >= 4 is 96.6 Å². The number of carbonyl (C=O) groups is 2. The maximum Gasteiger partial charge on any atom is 1.00 e. The molecule has 0 aliphatic carbocycles. The topological polar surface area (TPSA) is 58.2 Å². The number of halogens is 2. The van der Waals surface area contributed by atoms with E-state index in [1.54, 1.807) is 22.7 Å². The van der Waals surface area contributed by atoms with Crippen molar-refractivity contribution in [2.45, 2.75) is 53.9 Å². The summed E-state index contributed by atoms with van der Waals surface area (Å²) in [5.74, 6) is 1.48. The van der Waals surface area contributed by atoms with Crippen LogP contribution in [0.4, 0.5) is 11.4 Å². The second-order valence-corrected chi connectivity index (χ2v) is 16.3. The highest BCUT2D eigenvalue weighted by Crippen LogP contribution is 2.30. The van der Waals surface area contributed by atoms with Crippen molar-refractivity contribution in [1.29, 1.82) is 0 Å². The van der Waals surface area contributed by atoms with Crippen LogP contribution in [0, 0.1) is 17.6 Å². The van der Waals surface area contributed by atoms with Gasteiger partial charge < -0.3 is 10.6 Å². The van der Waals surface area contributed by atoms with Gasteiger partial charge in [-0.1, -0.05) is 77.1 Å². The maximum absolute atomic E-state index is 12.4. The molecular weight excluding hydrogens is 786 g/mol. The fraction of sp³-hybridized carbons (Fsp3) is 0.294. The molecule has 0 bridgehead atoms. The molecule has 4 aromatic rings. The van der Waals surface area contributed by atoms with Crippen molar-refractivity contribution in [1.82, 2.24) is 0 Å². The summed E-state index contributed by atoms with van der Waals surface area (Å²) >= 11 is 7.57. The number of allylic oxidation sites excluding steroid dienone is 2. The Balaban J connectivity index is 0.000000293. The molecule has 4 rings (SSSR count). The maximum atomic E-state index is 12.4. The fourth-order valence-electron chi connectivity index (χ4n) is 4.69. The van der Waals surface area contributed by atoms with Gasteiger partial charge in [0.1, 0.15) is 0 Å². The molecule has 1 unspecified atom stereocenters. The largest absolute Gasteiger partial charge is 1.00 e. The molecule has 1 atom stereocenters. The van der Waals surface area contributed by atoms with Gasteiger partial charge in [-0.05, 0) is 122 Å². The van der Waals surface area contributed by atoms with Crippen LogP contribution < -0.4 is 10.6 Å². The monoisotopic (exact) mass is 825 g/mol. The van der Waals surface area contributed by atoms with Crippen molar-refractivity contribution in [3.05, 3.63) is 106 Å². The zero-order chi connectivity index (χ0) is 30.8. The molecule has 0 saturated carbocycles. The molecule has 4 nitrogen and oxygen atoms in total. The fourth-order valence-corrected chi connectivity index (χ4v) is 7.64. The van der Waals surface area contributed by atoms with E-state index in [4.69, 9.17) is 0 Å². The summed E-state index contributed by atoms with van der Waals surface area (Å²) in [6.07, 6.45) is 3.32. The van der Waals surface area contributed by atoms with Gasteiger partial charge >= 0.3 is 1.43 Å². The number of nitrogens with one attached hydrogen (secondary N) is 2. The summed E-state index contributed by atoms with van der Waals surface area (Å²) < 4.78 is 2.04.